The summed E-state index contributed by atoms with van der Waals surface area (Å²) in [5.74, 6) is -1.07. The van der Waals surface area contributed by atoms with Crippen molar-refractivity contribution in [3.8, 4) is 5.88 Å². The van der Waals surface area contributed by atoms with Gasteiger partial charge in [0.25, 0.3) is 5.91 Å². The summed E-state index contributed by atoms with van der Waals surface area (Å²) in [6, 6.07) is 9.77. The van der Waals surface area contributed by atoms with E-state index in [2.05, 4.69) is 4.98 Å². The van der Waals surface area contributed by atoms with E-state index in [1.54, 1.807) is 13.2 Å². The van der Waals surface area contributed by atoms with Crippen molar-refractivity contribution in [3.05, 3.63) is 59.3 Å². The molecule has 1 aliphatic heterocycles. The summed E-state index contributed by atoms with van der Waals surface area (Å²) in [6.07, 6.45) is 1.77. The van der Waals surface area contributed by atoms with Gasteiger partial charge in [0, 0.05) is 37.9 Å². The van der Waals surface area contributed by atoms with Crippen LogP contribution in [0.25, 0.3) is 0 Å². The Kier molecular flexibility index (Phi) is 5.48. The van der Waals surface area contributed by atoms with E-state index in [-0.39, 0.29) is 12.5 Å². The molecule has 1 aliphatic rings. The molecular formula is C19H20N2O5. The summed E-state index contributed by atoms with van der Waals surface area (Å²) in [7, 11) is 1.57. The molecule has 0 saturated carbocycles. The summed E-state index contributed by atoms with van der Waals surface area (Å²) in [6.45, 7) is 0.980. The quantitative estimate of drug-likeness (QED) is 0.794. The molecule has 7 nitrogen and oxygen atoms in total. The maximum Gasteiger partial charge on any atom is 0.326 e. The van der Waals surface area contributed by atoms with Gasteiger partial charge in [-0.15, -0.1) is 0 Å². The number of aliphatic carboxylic acids is 1. The standard InChI is InChI=1S/C19H20N2O5/c1-25-8-9-26-17-11-14(6-7-20-17)18(22)21-12-15-5-3-2-4-13(15)10-16(21)19(23)24/h2-7,11,16H,8-10,12H2,1H3,(H,23,24). The van der Waals surface area contributed by atoms with Gasteiger partial charge in [0.2, 0.25) is 5.88 Å². The molecule has 26 heavy (non-hydrogen) atoms. The maximum atomic E-state index is 13.0. The van der Waals surface area contributed by atoms with Crippen LogP contribution in [-0.4, -0.2) is 53.2 Å². The van der Waals surface area contributed by atoms with Gasteiger partial charge in [-0.05, 0) is 17.2 Å². The van der Waals surface area contributed by atoms with Gasteiger partial charge < -0.3 is 19.5 Å². The first kappa shape index (κ1) is 17.9. The van der Waals surface area contributed by atoms with Gasteiger partial charge >= 0.3 is 5.97 Å². The number of amides is 1. The van der Waals surface area contributed by atoms with Crippen molar-refractivity contribution in [2.75, 3.05) is 20.3 Å². The molecule has 1 aromatic heterocycles. The lowest BCUT2D eigenvalue weighted by Gasteiger charge is -2.34. The second-order valence-corrected chi connectivity index (χ2v) is 5.98. The Bertz CT molecular complexity index is 808. The number of hydrogen-bond donors (Lipinski definition) is 1. The zero-order valence-electron chi connectivity index (χ0n) is 14.4. The van der Waals surface area contributed by atoms with Gasteiger partial charge in [-0.25, -0.2) is 9.78 Å². The SMILES string of the molecule is COCCOc1cc(C(=O)N2Cc3ccccc3CC2C(=O)O)ccn1. The van der Waals surface area contributed by atoms with Crippen molar-refractivity contribution in [1.82, 2.24) is 9.88 Å². The van der Waals surface area contributed by atoms with Gasteiger partial charge in [0.05, 0.1) is 6.61 Å². The zero-order valence-corrected chi connectivity index (χ0v) is 14.4. The van der Waals surface area contributed by atoms with Crippen LogP contribution in [0.4, 0.5) is 0 Å². The Balaban J connectivity index is 1.83. The lowest BCUT2D eigenvalue weighted by atomic mass is 9.93. The molecule has 2 heterocycles. The number of carboxylic acid groups (broad SMARTS) is 1. The molecule has 0 radical (unpaired) electrons. The average molecular weight is 356 g/mol. The molecule has 2 aromatic rings. The minimum absolute atomic E-state index is 0.258. The lowest BCUT2D eigenvalue weighted by Crippen LogP contribution is -2.48. The summed E-state index contributed by atoms with van der Waals surface area (Å²) in [5, 5.41) is 9.58. The van der Waals surface area contributed by atoms with E-state index in [4.69, 9.17) is 9.47 Å². The van der Waals surface area contributed by atoms with E-state index in [0.29, 0.717) is 31.1 Å². The van der Waals surface area contributed by atoms with Crippen molar-refractivity contribution in [1.29, 1.82) is 0 Å². The average Bonchev–Trinajstić information content (AvgIpc) is 2.66. The van der Waals surface area contributed by atoms with E-state index in [1.165, 1.54) is 17.2 Å². The van der Waals surface area contributed by atoms with Crippen LogP contribution in [0.1, 0.15) is 21.5 Å². The fourth-order valence-corrected chi connectivity index (χ4v) is 2.97. The van der Waals surface area contributed by atoms with Crippen LogP contribution in [0.15, 0.2) is 42.6 Å². The Morgan fingerprint density at radius 1 is 1.23 bits per heavy atom. The minimum atomic E-state index is -1.02. The van der Waals surface area contributed by atoms with Gasteiger partial charge in [-0.2, -0.15) is 0 Å². The molecule has 0 aliphatic carbocycles. The highest BCUT2D eigenvalue weighted by Crippen LogP contribution is 2.25. The summed E-state index contributed by atoms with van der Waals surface area (Å²) in [5.41, 5.74) is 2.27. The Morgan fingerprint density at radius 3 is 2.73 bits per heavy atom. The van der Waals surface area contributed by atoms with E-state index >= 15 is 0 Å². The number of benzene rings is 1. The number of nitrogens with zero attached hydrogens (tertiary/aromatic N) is 2. The van der Waals surface area contributed by atoms with Crippen molar-refractivity contribution in [2.45, 2.75) is 19.0 Å². The van der Waals surface area contributed by atoms with Gasteiger partial charge in [0.15, 0.2) is 0 Å². The summed E-state index contributed by atoms with van der Waals surface area (Å²) < 4.78 is 10.3. The number of carboxylic acids is 1. The minimum Gasteiger partial charge on any atom is -0.480 e. The lowest BCUT2D eigenvalue weighted by molar-refractivity contribution is -0.142. The molecule has 1 N–H and O–H groups in total. The molecular weight excluding hydrogens is 336 g/mol. The van der Waals surface area contributed by atoms with Crippen LogP contribution < -0.4 is 4.74 Å². The van der Waals surface area contributed by atoms with Crippen molar-refractivity contribution < 1.29 is 24.2 Å². The molecule has 0 saturated heterocycles. The molecule has 1 unspecified atom stereocenters. The number of methoxy groups -OCH3 is 1. The van der Waals surface area contributed by atoms with Crippen LogP contribution in [0.2, 0.25) is 0 Å². The predicted molar refractivity (Wildman–Crippen MR) is 93.1 cm³/mol. The molecule has 0 fully saturated rings. The van der Waals surface area contributed by atoms with E-state index < -0.39 is 12.0 Å². The normalized spacial score (nSPS) is 16.0. The number of rotatable bonds is 6. The van der Waals surface area contributed by atoms with Crippen LogP contribution in [0.3, 0.4) is 0 Å². The predicted octanol–water partition coefficient (Wildman–Crippen LogP) is 1.76. The highest BCUT2D eigenvalue weighted by Gasteiger charge is 2.35. The topological polar surface area (TPSA) is 89.0 Å². The second-order valence-electron chi connectivity index (χ2n) is 5.98. The highest BCUT2D eigenvalue weighted by molar-refractivity contribution is 5.97. The van der Waals surface area contributed by atoms with E-state index in [0.717, 1.165) is 11.1 Å². The molecule has 0 bridgehead atoms. The molecule has 7 heteroatoms. The molecule has 1 aromatic carbocycles. The number of aromatic nitrogens is 1. The zero-order chi connectivity index (χ0) is 18.5. The van der Waals surface area contributed by atoms with Crippen LogP contribution in [-0.2, 0) is 22.5 Å². The first-order valence-corrected chi connectivity index (χ1v) is 8.28. The Labute approximate surface area is 151 Å². The van der Waals surface area contributed by atoms with Crippen LogP contribution in [0, 0.1) is 0 Å². The number of ether oxygens (including phenoxy) is 2. The second kappa shape index (κ2) is 7.97. The van der Waals surface area contributed by atoms with Crippen molar-refractivity contribution >= 4 is 11.9 Å². The Morgan fingerprint density at radius 2 is 2.00 bits per heavy atom. The number of hydrogen-bond acceptors (Lipinski definition) is 5. The Hall–Kier alpha value is -2.93. The third-order valence-electron chi connectivity index (χ3n) is 4.31. The summed E-state index contributed by atoms with van der Waals surface area (Å²) in [4.78, 5) is 30.1. The first-order valence-electron chi connectivity index (χ1n) is 8.28. The number of carbonyl (C=O) groups is 2. The molecule has 0 spiro atoms. The number of carbonyl (C=O) groups excluding carboxylic acids is 1. The van der Waals surface area contributed by atoms with Crippen LogP contribution in [0.5, 0.6) is 5.88 Å². The van der Waals surface area contributed by atoms with E-state index in [9.17, 15) is 14.7 Å². The van der Waals surface area contributed by atoms with E-state index in [1.807, 2.05) is 24.3 Å². The highest BCUT2D eigenvalue weighted by atomic mass is 16.5. The van der Waals surface area contributed by atoms with Crippen molar-refractivity contribution in [2.24, 2.45) is 0 Å². The smallest absolute Gasteiger partial charge is 0.326 e. The molecule has 1 amide bonds. The first-order chi connectivity index (χ1) is 12.6. The van der Waals surface area contributed by atoms with Crippen molar-refractivity contribution in [3.63, 3.8) is 0 Å². The summed E-state index contributed by atoms with van der Waals surface area (Å²) >= 11 is 0. The third-order valence-corrected chi connectivity index (χ3v) is 4.31. The van der Waals surface area contributed by atoms with Gasteiger partial charge in [-0.3, -0.25) is 4.79 Å². The van der Waals surface area contributed by atoms with Crippen LogP contribution >= 0.6 is 0 Å². The fraction of sp³-hybridized carbons (Fsp3) is 0.316. The maximum absolute atomic E-state index is 13.0. The molecule has 1 atom stereocenters. The fourth-order valence-electron chi connectivity index (χ4n) is 2.97. The third kappa shape index (κ3) is 3.83. The number of fused-ring (bicyclic) bond motifs is 1. The number of pyridine rings is 1. The molecule has 136 valence electrons. The monoisotopic (exact) mass is 356 g/mol. The molecule has 3 rings (SSSR count). The van der Waals surface area contributed by atoms with Gasteiger partial charge in [-0.1, -0.05) is 24.3 Å². The van der Waals surface area contributed by atoms with Gasteiger partial charge in [0.1, 0.15) is 12.6 Å². The largest absolute Gasteiger partial charge is 0.480 e.